The molecule has 19 heavy (non-hydrogen) atoms. The lowest BCUT2D eigenvalue weighted by Gasteiger charge is -2.10. The van der Waals surface area contributed by atoms with Crippen LogP contribution in [0.4, 0.5) is 0 Å². The van der Waals surface area contributed by atoms with E-state index in [2.05, 4.69) is 15.9 Å². The van der Waals surface area contributed by atoms with Crippen molar-refractivity contribution in [2.24, 2.45) is 5.92 Å². The van der Waals surface area contributed by atoms with Gasteiger partial charge in [0.2, 0.25) is 0 Å². The molecule has 1 aromatic carbocycles. The van der Waals surface area contributed by atoms with Crippen LogP contribution in [0.3, 0.4) is 0 Å². The van der Waals surface area contributed by atoms with Crippen molar-refractivity contribution in [3.05, 3.63) is 27.7 Å². The smallest absolute Gasteiger partial charge is 0.338 e. The van der Waals surface area contributed by atoms with Crippen molar-refractivity contribution < 1.29 is 17.9 Å². The number of esters is 1. The topological polar surface area (TPSA) is 60.4 Å². The van der Waals surface area contributed by atoms with Crippen molar-refractivity contribution in [3.63, 3.8) is 0 Å². The third-order valence-corrected chi connectivity index (χ3v) is 4.93. The maximum atomic E-state index is 11.8. The normalized spacial score (nSPS) is 11.7. The van der Waals surface area contributed by atoms with E-state index in [1.54, 1.807) is 13.0 Å². The minimum absolute atomic E-state index is 0.134. The first-order valence-corrected chi connectivity index (χ1v) is 8.65. The van der Waals surface area contributed by atoms with Gasteiger partial charge in [0.05, 0.1) is 17.1 Å². The van der Waals surface area contributed by atoms with Crippen LogP contribution in [-0.2, 0) is 13.8 Å². The standard InChI is InChI=1S/C12H14BrClO4S/c1-7(2)6-18-12(15)9-4-8(3)11(13)10(5-9)19(14,16)17/h4-5,7H,6H2,1-3H3. The first kappa shape index (κ1) is 16.5. The summed E-state index contributed by atoms with van der Waals surface area (Å²) in [6.07, 6.45) is 0. The Kier molecular flexibility index (Phi) is 5.41. The zero-order valence-electron chi connectivity index (χ0n) is 10.7. The Morgan fingerprint density at radius 3 is 2.47 bits per heavy atom. The fourth-order valence-electron chi connectivity index (χ4n) is 1.36. The van der Waals surface area contributed by atoms with Crippen LogP contribution in [0.5, 0.6) is 0 Å². The Labute approximate surface area is 125 Å². The van der Waals surface area contributed by atoms with Crippen molar-refractivity contribution in [2.75, 3.05) is 6.61 Å². The van der Waals surface area contributed by atoms with Crippen LogP contribution < -0.4 is 0 Å². The summed E-state index contributed by atoms with van der Waals surface area (Å²) in [6.45, 7) is 5.77. The lowest BCUT2D eigenvalue weighted by molar-refractivity contribution is 0.0458. The first-order valence-electron chi connectivity index (χ1n) is 5.55. The van der Waals surface area contributed by atoms with Crippen molar-refractivity contribution in [2.45, 2.75) is 25.7 Å². The molecular weight excluding hydrogens is 356 g/mol. The van der Waals surface area contributed by atoms with Gasteiger partial charge in [-0.25, -0.2) is 13.2 Å². The van der Waals surface area contributed by atoms with Crippen LogP contribution in [0, 0.1) is 12.8 Å². The predicted octanol–water partition coefficient (Wildman–Crippen LogP) is 3.50. The number of hydrogen-bond donors (Lipinski definition) is 0. The SMILES string of the molecule is Cc1cc(C(=O)OCC(C)C)cc(S(=O)(=O)Cl)c1Br. The van der Waals surface area contributed by atoms with Gasteiger partial charge < -0.3 is 4.74 Å². The van der Waals surface area contributed by atoms with Crippen molar-refractivity contribution in [3.8, 4) is 0 Å². The maximum Gasteiger partial charge on any atom is 0.338 e. The lowest BCUT2D eigenvalue weighted by atomic mass is 10.1. The van der Waals surface area contributed by atoms with Gasteiger partial charge in [-0.2, -0.15) is 0 Å². The molecule has 0 fully saturated rings. The summed E-state index contributed by atoms with van der Waals surface area (Å²) in [5, 5.41) is 0. The quantitative estimate of drug-likeness (QED) is 0.602. The molecule has 0 bridgehead atoms. The maximum absolute atomic E-state index is 11.8. The number of carbonyl (C=O) groups is 1. The Morgan fingerprint density at radius 2 is 2.00 bits per heavy atom. The molecule has 0 aliphatic carbocycles. The van der Waals surface area contributed by atoms with Gasteiger partial charge in [-0.1, -0.05) is 13.8 Å². The van der Waals surface area contributed by atoms with E-state index >= 15 is 0 Å². The number of hydrogen-bond acceptors (Lipinski definition) is 4. The van der Waals surface area contributed by atoms with Crippen LogP contribution in [-0.4, -0.2) is 21.0 Å². The molecule has 0 aromatic heterocycles. The van der Waals surface area contributed by atoms with Gasteiger partial charge in [-0.05, 0) is 46.5 Å². The highest BCUT2D eigenvalue weighted by atomic mass is 79.9. The number of rotatable bonds is 4. The summed E-state index contributed by atoms with van der Waals surface area (Å²) in [6, 6.07) is 2.76. The van der Waals surface area contributed by atoms with E-state index in [0.717, 1.165) is 0 Å². The number of benzene rings is 1. The molecule has 1 rings (SSSR count). The van der Waals surface area contributed by atoms with Gasteiger partial charge in [-0.3, -0.25) is 0 Å². The van der Waals surface area contributed by atoms with E-state index in [-0.39, 0.29) is 23.0 Å². The third-order valence-electron chi connectivity index (χ3n) is 2.27. The van der Waals surface area contributed by atoms with Gasteiger partial charge in [0.25, 0.3) is 9.05 Å². The van der Waals surface area contributed by atoms with Crippen LogP contribution in [0.1, 0.15) is 29.8 Å². The second-order valence-electron chi connectivity index (χ2n) is 4.54. The molecule has 0 spiro atoms. The molecule has 0 atom stereocenters. The molecule has 0 radical (unpaired) electrons. The van der Waals surface area contributed by atoms with Crippen LogP contribution in [0.25, 0.3) is 0 Å². The zero-order valence-corrected chi connectivity index (χ0v) is 13.9. The highest BCUT2D eigenvalue weighted by Gasteiger charge is 2.20. The number of carbonyl (C=O) groups excluding carboxylic acids is 1. The lowest BCUT2D eigenvalue weighted by Crippen LogP contribution is -2.11. The second kappa shape index (κ2) is 6.24. The fourth-order valence-corrected chi connectivity index (χ4v) is 3.51. The molecule has 1 aromatic rings. The minimum atomic E-state index is -3.93. The van der Waals surface area contributed by atoms with Crippen molar-refractivity contribution in [1.29, 1.82) is 0 Å². The molecule has 0 N–H and O–H groups in total. The molecule has 0 amide bonds. The first-order chi connectivity index (χ1) is 8.62. The molecule has 7 heteroatoms. The summed E-state index contributed by atoms with van der Waals surface area (Å²) in [5.41, 5.74) is 0.763. The highest BCUT2D eigenvalue weighted by molar-refractivity contribution is 9.10. The fraction of sp³-hybridized carbons (Fsp3) is 0.417. The van der Waals surface area contributed by atoms with E-state index in [9.17, 15) is 13.2 Å². The van der Waals surface area contributed by atoms with Crippen molar-refractivity contribution >= 4 is 41.6 Å². The number of halogens is 2. The van der Waals surface area contributed by atoms with Crippen LogP contribution >= 0.6 is 26.6 Å². The van der Waals surface area contributed by atoms with Crippen molar-refractivity contribution in [1.82, 2.24) is 0 Å². The molecule has 4 nitrogen and oxygen atoms in total. The summed E-state index contributed by atoms with van der Waals surface area (Å²) < 4.78 is 28.3. The molecule has 106 valence electrons. The average molecular weight is 370 g/mol. The molecule has 0 unspecified atom stereocenters. The minimum Gasteiger partial charge on any atom is -0.462 e. The molecule has 0 saturated carbocycles. The van der Waals surface area contributed by atoms with E-state index in [1.807, 2.05) is 13.8 Å². The largest absolute Gasteiger partial charge is 0.462 e. The average Bonchev–Trinajstić information content (AvgIpc) is 2.27. The van der Waals surface area contributed by atoms with Gasteiger partial charge in [0, 0.05) is 15.2 Å². The molecular formula is C12H14BrClO4S. The highest BCUT2D eigenvalue weighted by Crippen LogP contribution is 2.29. The van der Waals surface area contributed by atoms with Gasteiger partial charge in [0.15, 0.2) is 0 Å². The third kappa shape index (κ3) is 4.47. The summed E-state index contributed by atoms with van der Waals surface area (Å²) in [4.78, 5) is 11.7. The summed E-state index contributed by atoms with van der Waals surface area (Å²) in [7, 11) is 1.40. The monoisotopic (exact) mass is 368 g/mol. The number of ether oxygens (including phenoxy) is 1. The Morgan fingerprint density at radius 1 is 1.42 bits per heavy atom. The summed E-state index contributed by atoms with van der Waals surface area (Å²) in [5.74, 6) is -0.359. The van der Waals surface area contributed by atoms with Crippen LogP contribution in [0.2, 0.25) is 0 Å². The Hall–Kier alpha value is -0.590. The van der Waals surface area contributed by atoms with Gasteiger partial charge in [-0.15, -0.1) is 0 Å². The molecule has 0 aliphatic rings. The zero-order chi connectivity index (χ0) is 14.8. The molecule has 0 aliphatic heterocycles. The van der Waals surface area contributed by atoms with E-state index in [0.29, 0.717) is 10.0 Å². The molecule has 0 heterocycles. The summed E-state index contributed by atoms with van der Waals surface area (Å²) >= 11 is 3.15. The predicted molar refractivity (Wildman–Crippen MR) is 77.0 cm³/mol. The molecule has 0 saturated heterocycles. The van der Waals surface area contributed by atoms with Crippen LogP contribution in [0.15, 0.2) is 21.5 Å². The van der Waals surface area contributed by atoms with E-state index in [1.165, 1.54) is 6.07 Å². The van der Waals surface area contributed by atoms with Gasteiger partial charge >= 0.3 is 5.97 Å². The van der Waals surface area contributed by atoms with E-state index < -0.39 is 15.0 Å². The Bertz CT molecular complexity index is 596. The van der Waals surface area contributed by atoms with Gasteiger partial charge in [0.1, 0.15) is 0 Å². The number of aryl methyl sites for hydroxylation is 1. The van der Waals surface area contributed by atoms with E-state index in [4.69, 9.17) is 15.4 Å². The second-order valence-corrected chi connectivity index (χ2v) is 7.86. The Balaban J connectivity index is 3.18.